The molecule has 0 aromatic carbocycles. The third-order valence-corrected chi connectivity index (χ3v) is 5.27. The molecule has 3 rings (SSSR count). The molecule has 0 aromatic heterocycles. The van der Waals surface area contributed by atoms with E-state index in [1.165, 1.54) is 32.2 Å². The Balaban J connectivity index is 0.000000284. The van der Waals surface area contributed by atoms with E-state index in [1.54, 1.807) is 12.0 Å². The lowest BCUT2D eigenvalue weighted by Gasteiger charge is -2.35. The van der Waals surface area contributed by atoms with Crippen LogP contribution in [-0.4, -0.2) is 87.1 Å². The van der Waals surface area contributed by atoms with Crippen LogP contribution in [0.5, 0.6) is 0 Å². The second kappa shape index (κ2) is 12.7. The standard InChI is InChI=1S/C13H25NO2.C5H9NO2.C2H6/c1-11(2)16-10-13-6-4-8-14(13)12(5-7-13)9-15-3;7-5-6-1-3-8-4-2-6;1-2/h11-12H,4-10H2,1-3H3;5H,1-4H2;1-2H3. The van der Waals surface area contributed by atoms with Crippen molar-refractivity contribution in [1.29, 1.82) is 0 Å². The molecule has 0 bridgehead atoms. The smallest absolute Gasteiger partial charge is 0.209 e. The van der Waals surface area contributed by atoms with E-state index in [4.69, 9.17) is 14.2 Å². The summed E-state index contributed by atoms with van der Waals surface area (Å²) in [6.45, 7) is 14.2. The zero-order valence-corrected chi connectivity index (χ0v) is 17.5. The molecule has 3 aliphatic heterocycles. The van der Waals surface area contributed by atoms with Gasteiger partial charge in [-0.3, -0.25) is 9.69 Å². The second-order valence-corrected chi connectivity index (χ2v) is 7.28. The first-order chi connectivity index (χ1) is 12.6. The number of ether oxygens (including phenoxy) is 3. The molecule has 3 heterocycles. The number of morpholine rings is 1. The minimum Gasteiger partial charge on any atom is -0.383 e. The van der Waals surface area contributed by atoms with Gasteiger partial charge in [-0.15, -0.1) is 0 Å². The third kappa shape index (κ3) is 6.80. The molecule has 26 heavy (non-hydrogen) atoms. The van der Waals surface area contributed by atoms with Crippen LogP contribution in [0.1, 0.15) is 53.4 Å². The van der Waals surface area contributed by atoms with E-state index >= 15 is 0 Å². The van der Waals surface area contributed by atoms with E-state index in [1.807, 2.05) is 13.8 Å². The quantitative estimate of drug-likeness (QED) is 0.671. The van der Waals surface area contributed by atoms with Crippen LogP contribution < -0.4 is 0 Å². The molecule has 3 fully saturated rings. The van der Waals surface area contributed by atoms with Crippen LogP contribution in [0.3, 0.4) is 0 Å². The Bertz CT molecular complexity index is 375. The van der Waals surface area contributed by atoms with Crippen LogP contribution in [-0.2, 0) is 19.0 Å². The summed E-state index contributed by atoms with van der Waals surface area (Å²) in [7, 11) is 1.81. The van der Waals surface area contributed by atoms with Gasteiger partial charge in [0, 0.05) is 31.8 Å². The van der Waals surface area contributed by atoms with Gasteiger partial charge in [0.2, 0.25) is 6.41 Å². The van der Waals surface area contributed by atoms with E-state index < -0.39 is 0 Å². The van der Waals surface area contributed by atoms with Crippen molar-refractivity contribution in [3.8, 4) is 0 Å². The Labute approximate surface area is 160 Å². The predicted octanol–water partition coefficient (Wildman–Crippen LogP) is 2.56. The van der Waals surface area contributed by atoms with Crippen LogP contribution >= 0.6 is 0 Å². The zero-order valence-electron chi connectivity index (χ0n) is 17.5. The van der Waals surface area contributed by atoms with Crippen molar-refractivity contribution < 1.29 is 19.0 Å². The molecule has 0 aromatic rings. The van der Waals surface area contributed by atoms with E-state index in [0.29, 0.717) is 30.9 Å². The topological polar surface area (TPSA) is 51.2 Å². The summed E-state index contributed by atoms with van der Waals surface area (Å²) in [5.74, 6) is 0. The van der Waals surface area contributed by atoms with Crippen LogP contribution in [0, 0.1) is 0 Å². The van der Waals surface area contributed by atoms with E-state index in [-0.39, 0.29) is 0 Å². The molecular weight excluding hydrogens is 332 g/mol. The molecular formula is C20H40N2O4. The Hall–Kier alpha value is -0.690. The minimum absolute atomic E-state index is 0.341. The van der Waals surface area contributed by atoms with Gasteiger partial charge >= 0.3 is 0 Å². The summed E-state index contributed by atoms with van der Waals surface area (Å²) < 4.78 is 16.2. The molecule has 0 radical (unpaired) electrons. The summed E-state index contributed by atoms with van der Waals surface area (Å²) >= 11 is 0. The maximum atomic E-state index is 10.0. The number of nitrogens with zero attached hydrogens (tertiary/aromatic N) is 2. The van der Waals surface area contributed by atoms with Crippen LogP contribution in [0.2, 0.25) is 0 Å². The number of rotatable bonds is 6. The monoisotopic (exact) mass is 372 g/mol. The SMILES string of the molecule is CC.COCC1CCC2(COC(C)C)CCCN12.O=CN1CCOCC1. The normalized spacial score (nSPS) is 28.1. The third-order valence-electron chi connectivity index (χ3n) is 5.27. The lowest BCUT2D eigenvalue weighted by molar-refractivity contribution is -0.121. The number of hydrogen-bond donors (Lipinski definition) is 0. The maximum absolute atomic E-state index is 10.0. The lowest BCUT2D eigenvalue weighted by atomic mass is 9.95. The Morgan fingerprint density at radius 1 is 1.19 bits per heavy atom. The largest absolute Gasteiger partial charge is 0.383 e. The van der Waals surface area contributed by atoms with Gasteiger partial charge in [0.1, 0.15) is 0 Å². The molecule has 0 saturated carbocycles. The average Bonchev–Trinajstić information content (AvgIpc) is 3.24. The average molecular weight is 373 g/mol. The summed E-state index contributed by atoms with van der Waals surface area (Å²) in [5.41, 5.74) is 0.341. The summed E-state index contributed by atoms with van der Waals surface area (Å²) in [6, 6.07) is 0.628. The van der Waals surface area contributed by atoms with Crippen LogP contribution in [0.15, 0.2) is 0 Å². The molecule has 0 N–H and O–H groups in total. The molecule has 2 unspecified atom stereocenters. The van der Waals surface area contributed by atoms with Gasteiger partial charge in [-0.25, -0.2) is 0 Å². The first kappa shape index (κ1) is 23.3. The summed E-state index contributed by atoms with van der Waals surface area (Å²) in [5, 5.41) is 0. The second-order valence-electron chi connectivity index (χ2n) is 7.28. The number of methoxy groups -OCH3 is 1. The molecule has 3 aliphatic rings. The maximum Gasteiger partial charge on any atom is 0.209 e. The molecule has 2 atom stereocenters. The fourth-order valence-electron chi connectivity index (χ4n) is 3.99. The molecule has 0 aliphatic carbocycles. The van der Waals surface area contributed by atoms with Crippen LogP contribution in [0.4, 0.5) is 0 Å². The number of carbonyl (C=O) groups is 1. The van der Waals surface area contributed by atoms with Crippen molar-refractivity contribution in [3.05, 3.63) is 0 Å². The van der Waals surface area contributed by atoms with Gasteiger partial charge in [-0.05, 0) is 46.1 Å². The molecule has 0 spiro atoms. The van der Waals surface area contributed by atoms with Crippen molar-refractivity contribution in [2.75, 3.05) is 53.2 Å². The first-order valence-corrected chi connectivity index (χ1v) is 10.3. The van der Waals surface area contributed by atoms with Crippen molar-refractivity contribution >= 4 is 6.41 Å². The molecule has 154 valence electrons. The highest BCUT2D eigenvalue weighted by Gasteiger charge is 2.49. The molecule has 3 saturated heterocycles. The first-order valence-electron chi connectivity index (χ1n) is 10.3. The fraction of sp³-hybridized carbons (Fsp3) is 0.950. The Morgan fingerprint density at radius 3 is 2.42 bits per heavy atom. The van der Waals surface area contributed by atoms with Crippen molar-refractivity contribution in [1.82, 2.24) is 9.80 Å². The highest BCUT2D eigenvalue weighted by molar-refractivity contribution is 5.46. The number of carbonyl (C=O) groups excluding carboxylic acids is 1. The number of fused-ring (bicyclic) bond motifs is 1. The number of hydrogen-bond acceptors (Lipinski definition) is 5. The van der Waals surface area contributed by atoms with Gasteiger partial charge in [-0.1, -0.05) is 13.8 Å². The van der Waals surface area contributed by atoms with Gasteiger partial charge in [0.05, 0.1) is 32.5 Å². The van der Waals surface area contributed by atoms with Crippen LogP contribution in [0.25, 0.3) is 0 Å². The summed E-state index contributed by atoms with van der Waals surface area (Å²) in [6.07, 6.45) is 6.39. The summed E-state index contributed by atoms with van der Waals surface area (Å²) in [4.78, 5) is 14.4. The molecule has 1 amide bonds. The lowest BCUT2D eigenvalue weighted by Crippen LogP contribution is -2.47. The Kier molecular flexibility index (Phi) is 11.4. The predicted molar refractivity (Wildman–Crippen MR) is 104 cm³/mol. The molecule has 6 heteroatoms. The van der Waals surface area contributed by atoms with E-state index in [9.17, 15) is 4.79 Å². The minimum atomic E-state index is 0.341. The van der Waals surface area contributed by atoms with Gasteiger partial charge < -0.3 is 19.1 Å². The van der Waals surface area contributed by atoms with Crippen molar-refractivity contribution in [3.63, 3.8) is 0 Å². The van der Waals surface area contributed by atoms with E-state index in [2.05, 4.69) is 18.7 Å². The zero-order chi connectivity index (χ0) is 19.4. The van der Waals surface area contributed by atoms with Crippen molar-refractivity contribution in [2.45, 2.75) is 71.1 Å². The number of amides is 1. The van der Waals surface area contributed by atoms with Crippen molar-refractivity contribution in [2.24, 2.45) is 0 Å². The van der Waals surface area contributed by atoms with Gasteiger partial charge in [0.15, 0.2) is 0 Å². The fourth-order valence-corrected chi connectivity index (χ4v) is 3.99. The van der Waals surface area contributed by atoms with E-state index in [0.717, 1.165) is 32.7 Å². The Morgan fingerprint density at radius 2 is 1.88 bits per heavy atom. The highest BCUT2D eigenvalue weighted by Crippen LogP contribution is 2.42. The highest BCUT2D eigenvalue weighted by atomic mass is 16.5. The molecule has 6 nitrogen and oxygen atoms in total. The van der Waals surface area contributed by atoms with Gasteiger partial charge in [0.25, 0.3) is 0 Å². The van der Waals surface area contributed by atoms with Gasteiger partial charge in [-0.2, -0.15) is 0 Å².